The molecule has 1 aromatic rings. The van der Waals surface area contributed by atoms with Gasteiger partial charge in [0.15, 0.2) is 0 Å². The molecule has 0 aliphatic carbocycles. The summed E-state index contributed by atoms with van der Waals surface area (Å²) in [5.74, 6) is 1.89. The summed E-state index contributed by atoms with van der Waals surface area (Å²) >= 11 is 1.69. The number of carbonyl (C=O) groups is 2. The molecule has 2 N–H and O–H groups in total. The molecule has 0 aliphatic heterocycles. The van der Waals surface area contributed by atoms with Crippen LogP contribution in [0.2, 0.25) is 0 Å². The molecule has 20 heavy (non-hydrogen) atoms. The maximum atomic E-state index is 11.4. The number of hydrogen-bond donors (Lipinski definition) is 2. The van der Waals surface area contributed by atoms with Crippen molar-refractivity contribution in [3.05, 3.63) is 35.4 Å². The van der Waals surface area contributed by atoms with Gasteiger partial charge in [-0.25, -0.2) is 4.79 Å². The second-order valence-corrected chi connectivity index (χ2v) is 5.93. The van der Waals surface area contributed by atoms with Crippen molar-refractivity contribution in [3.63, 3.8) is 0 Å². The van der Waals surface area contributed by atoms with Crippen LogP contribution in [0, 0.1) is 0 Å². The molecule has 4 nitrogen and oxygen atoms in total. The first-order valence-electron chi connectivity index (χ1n) is 6.71. The van der Waals surface area contributed by atoms with Crippen molar-refractivity contribution in [2.75, 3.05) is 12.8 Å². The van der Waals surface area contributed by atoms with Crippen LogP contribution >= 0.6 is 11.8 Å². The first kappa shape index (κ1) is 16.6. The first-order chi connectivity index (χ1) is 9.52. The minimum absolute atomic E-state index is 0.244. The van der Waals surface area contributed by atoms with Gasteiger partial charge in [0.05, 0.1) is 0 Å². The number of urea groups is 1. The second kappa shape index (κ2) is 8.64. The van der Waals surface area contributed by atoms with E-state index in [0.29, 0.717) is 18.1 Å². The summed E-state index contributed by atoms with van der Waals surface area (Å²) in [5, 5.41) is 4.59. The standard InChI is InChI=1S/C15H22N2O2S/c1-11(2)13-6-4-12(5-7-13)10-20-9-8-14(18)17-15(19)16-3/h4-7,11H,8-10H2,1-3H3,(H2,16,17,18,19). The minimum atomic E-state index is -0.454. The molecule has 0 aromatic heterocycles. The molecule has 3 amide bonds. The van der Waals surface area contributed by atoms with Crippen molar-refractivity contribution in [2.24, 2.45) is 0 Å². The number of nitrogens with one attached hydrogen (secondary N) is 2. The van der Waals surface area contributed by atoms with E-state index in [1.807, 2.05) is 0 Å². The van der Waals surface area contributed by atoms with Crippen molar-refractivity contribution >= 4 is 23.7 Å². The summed E-state index contributed by atoms with van der Waals surface area (Å²) in [4.78, 5) is 22.3. The smallest absolute Gasteiger partial charge is 0.321 e. The number of thioether (sulfide) groups is 1. The van der Waals surface area contributed by atoms with E-state index < -0.39 is 6.03 Å². The lowest BCUT2D eigenvalue weighted by Gasteiger charge is -2.07. The number of rotatable bonds is 6. The van der Waals surface area contributed by atoms with Crippen LogP contribution in [0.4, 0.5) is 4.79 Å². The van der Waals surface area contributed by atoms with Gasteiger partial charge in [0.2, 0.25) is 5.91 Å². The van der Waals surface area contributed by atoms with Gasteiger partial charge in [-0.1, -0.05) is 38.1 Å². The van der Waals surface area contributed by atoms with Crippen molar-refractivity contribution in [2.45, 2.75) is 31.9 Å². The highest BCUT2D eigenvalue weighted by Gasteiger charge is 2.05. The number of imide groups is 1. The van der Waals surface area contributed by atoms with Crippen molar-refractivity contribution in [1.82, 2.24) is 10.6 Å². The molecule has 0 atom stereocenters. The van der Waals surface area contributed by atoms with Crippen LogP contribution in [0.15, 0.2) is 24.3 Å². The highest BCUT2D eigenvalue weighted by Crippen LogP contribution is 2.18. The molecule has 5 heteroatoms. The third-order valence-corrected chi connectivity index (χ3v) is 3.90. The maximum Gasteiger partial charge on any atom is 0.321 e. The molecule has 0 heterocycles. The van der Waals surface area contributed by atoms with E-state index in [1.165, 1.54) is 18.2 Å². The van der Waals surface area contributed by atoms with Gasteiger partial charge in [-0.15, -0.1) is 0 Å². The van der Waals surface area contributed by atoms with E-state index in [-0.39, 0.29) is 5.91 Å². The van der Waals surface area contributed by atoms with Gasteiger partial charge in [0, 0.05) is 25.0 Å². The molecule has 0 fully saturated rings. The van der Waals surface area contributed by atoms with Crippen LogP contribution in [0.3, 0.4) is 0 Å². The lowest BCUT2D eigenvalue weighted by molar-refractivity contribution is -0.119. The third-order valence-electron chi connectivity index (χ3n) is 2.87. The van der Waals surface area contributed by atoms with Crippen LogP contribution in [-0.4, -0.2) is 24.7 Å². The monoisotopic (exact) mass is 294 g/mol. The molecule has 0 saturated heterocycles. The summed E-state index contributed by atoms with van der Waals surface area (Å²) in [6.45, 7) is 4.35. The first-order valence-corrected chi connectivity index (χ1v) is 7.86. The van der Waals surface area contributed by atoms with E-state index in [9.17, 15) is 9.59 Å². The topological polar surface area (TPSA) is 58.2 Å². The zero-order chi connectivity index (χ0) is 15.0. The largest absolute Gasteiger partial charge is 0.341 e. The quantitative estimate of drug-likeness (QED) is 0.793. The SMILES string of the molecule is CNC(=O)NC(=O)CCSCc1ccc(C(C)C)cc1. The Bertz CT molecular complexity index is 444. The Morgan fingerprint density at radius 3 is 2.40 bits per heavy atom. The third kappa shape index (κ3) is 6.10. The van der Waals surface area contributed by atoms with Gasteiger partial charge in [-0.05, 0) is 17.0 Å². The summed E-state index contributed by atoms with van der Waals surface area (Å²) in [6.07, 6.45) is 0.349. The zero-order valence-corrected chi connectivity index (χ0v) is 13.0. The number of benzene rings is 1. The molecule has 0 unspecified atom stereocenters. The normalized spacial score (nSPS) is 10.4. The molecule has 1 aromatic carbocycles. The fourth-order valence-corrected chi connectivity index (χ4v) is 2.51. The Kier molecular flexibility index (Phi) is 7.15. The molecular formula is C15H22N2O2S. The Balaban J connectivity index is 2.24. The number of carbonyl (C=O) groups excluding carboxylic acids is 2. The van der Waals surface area contributed by atoms with Gasteiger partial charge in [0.25, 0.3) is 0 Å². The molecule has 0 bridgehead atoms. The van der Waals surface area contributed by atoms with E-state index in [0.717, 1.165) is 5.75 Å². The maximum absolute atomic E-state index is 11.4. The molecule has 110 valence electrons. The van der Waals surface area contributed by atoms with E-state index in [4.69, 9.17) is 0 Å². The van der Waals surface area contributed by atoms with Crippen LogP contribution in [0.5, 0.6) is 0 Å². The van der Waals surface area contributed by atoms with Crippen LogP contribution in [0.25, 0.3) is 0 Å². The Hall–Kier alpha value is -1.49. The summed E-state index contributed by atoms with van der Waals surface area (Å²) in [7, 11) is 1.48. The van der Waals surface area contributed by atoms with Crippen LogP contribution < -0.4 is 10.6 Å². The van der Waals surface area contributed by atoms with Gasteiger partial charge >= 0.3 is 6.03 Å². The molecule has 0 spiro atoms. The van der Waals surface area contributed by atoms with Gasteiger partial charge < -0.3 is 5.32 Å². The van der Waals surface area contributed by atoms with E-state index in [1.54, 1.807) is 11.8 Å². The predicted octanol–water partition coefficient (Wildman–Crippen LogP) is 2.89. The summed E-state index contributed by atoms with van der Waals surface area (Å²) in [5.41, 5.74) is 2.59. The number of hydrogen-bond acceptors (Lipinski definition) is 3. The molecule has 0 aliphatic rings. The molecule has 0 radical (unpaired) electrons. The van der Waals surface area contributed by atoms with Gasteiger partial charge in [-0.3, -0.25) is 10.1 Å². The Morgan fingerprint density at radius 1 is 1.20 bits per heavy atom. The molecule has 0 saturated carbocycles. The highest BCUT2D eigenvalue weighted by molar-refractivity contribution is 7.98. The zero-order valence-electron chi connectivity index (χ0n) is 12.2. The molecule has 1 rings (SSSR count). The van der Waals surface area contributed by atoms with Crippen LogP contribution in [0.1, 0.15) is 37.3 Å². The molecular weight excluding hydrogens is 272 g/mol. The van der Waals surface area contributed by atoms with Crippen molar-refractivity contribution in [1.29, 1.82) is 0 Å². The van der Waals surface area contributed by atoms with E-state index >= 15 is 0 Å². The van der Waals surface area contributed by atoms with E-state index in [2.05, 4.69) is 48.7 Å². The van der Waals surface area contributed by atoms with Crippen LogP contribution in [-0.2, 0) is 10.5 Å². The Labute approximate surface area is 124 Å². The van der Waals surface area contributed by atoms with Crippen molar-refractivity contribution < 1.29 is 9.59 Å². The van der Waals surface area contributed by atoms with Gasteiger partial charge in [-0.2, -0.15) is 11.8 Å². The Morgan fingerprint density at radius 2 is 1.85 bits per heavy atom. The number of amides is 3. The lowest BCUT2D eigenvalue weighted by Crippen LogP contribution is -2.37. The minimum Gasteiger partial charge on any atom is -0.341 e. The highest BCUT2D eigenvalue weighted by atomic mass is 32.2. The lowest BCUT2D eigenvalue weighted by atomic mass is 10.0. The summed E-state index contributed by atoms with van der Waals surface area (Å²) in [6, 6.07) is 8.11. The predicted molar refractivity (Wildman–Crippen MR) is 83.9 cm³/mol. The fourth-order valence-electron chi connectivity index (χ4n) is 1.61. The average molecular weight is 294 g/mol. The second-order valence-electron chi connectivity index (χ2n) is 4.83. The van der Waals surface area contributed by atoms with Crippen molar-refractivity contribution in [3.8, 4) is 0 Å². The van der Waals surface area contributed by atoms with Gasteiger partial charge in [0.1, 0.15) is 0 Å². The average Bonchev–Trinajstić information content (AvgIpc) is 2.44. The summed E-state index contributed by atoms with van der Waals surface area (Å²) < 4.78 is 0. The fraction of sp³-hybridized carbons (Fsp3) is 0.467.